The minimum atomic E-state index is -4.35. The monoisotopic (exact) mass is 348 g/mol. The summed E-state index contributed by atoms with van der Waals surface area (Å²) in [5, 5.41) is 6.10. The Labute approximate surface area is 124 Å². The minimum Gasteiger partial charge on any atom is -0.384 e. The molecule has 0 aliphatic carbocycles. The van der Waals surface area contributed by atoms with Crippen molar-refractivity contribution in [1.82, 2.24) is 5.32 Å². The topological polar surface area (TPSA) is 24.1 Å². The number of alkyl halides is 3. The molecule has 0 atom stereocenters. The highest BCUT2D eigenvalue weighted by atomic mass is 79.9. The summed E-state index contributed by atoms with van der Waals surface area (Å²) < 4.78 is 39.2. The summed E-state index contributed by atoms with van der Waals surface area (Å²) in [5.41, 5.74) is 0.795. The third-order valence-corrected chi connectivity index (χ3v) is 3.70. The summed E-state index contributed by atoms with van der Waals surface area (Å²) in [5.74, 6) is 0. The maximum absolute atomic E-state index is 12.9. The Kier molecular flexibility index (Phi) is 5.10. The molecule has 0 unspecified atom stereocenters. The molecule has 0 spiro atoms. The number of hydrogen-bond donors (Lipinski definition) is 2. The Morgan fingerprint density at radius 2 is 2.10 bits per heavy atom. The van der Waals surface area contributed by atoms with E-state index in [0.717, 1.165) is 32.0 Å². The van der Waals surface area contributed by atoms with Crippen molar-refractivity contribution in [2.45, 2.75) is 19.0 Å². The summed E-state index contributed by atoms with van der Waals surface area (Å²) in [7, 11) is 0. The third-order valence-electron chi connectivity index (χ3n) is 3.21. The predicted molar refractivity (Wildman–Crippen MR) is 77.8 cm³/mol. The number of halogens is 4. The fourth-order valence-corrected chi connectivity index (χ4v) is 2.52. The van der Waals surface area contributed by atoms with Crippen LogP contribution >= 0.6 is 15.9 Å². The second-order valence-corrected chi connectivity index (χ2v) is 5.60. The number of hydrogen-bond acceptors (Lipinski definition) is 2. The molecule has 1 aromatic carbocycles. The average molecular weight is 349 g/mol. The minimum absolute atomic E-state index is 0.134. The van der Waals surface area contributed by atoms with Crippen molar-refractivity contribution >= 4 is 21.6 Å². The Bertz CT molecular complexity index is 498. The molecule has 0 saturated heterocycles. The molecule has 0 amide bonds. The van der Waals surface area contributed by atoms with Gasteiger partial charge in [-0.3, -0.25) is 0 Å². The molecule has 110 valence electrons. The molecule has 2 nitrogen and oxygen atoms in total. The van der Waals surface area contributed by atoms with E-state index >= 15 is 0 Å². The maximum Gasteiger partial charge on any atom is 0.418 e. The largest absolute Gasteiger partial charge is 0.418 e. The quantitative estimate of drug-likeness (QED) is 0.797. The van der Waals surface area contributed by atoms with Crippen LogP contribution in [0.1, 0.15) is 18.4 Å². The van der Waals surface area contributed by atoms with E-state index < -0.39 is 11.7 Å². The first-order chi connectivity index (χ1) is 9.47. The highest BCUT2D eigenvalue weighted by molar-refractivity contribution is 9.10. The Balaban J connectivity index is 2.00. The second kappa shape index (κ2) is 6.63. The third kappa shape index (κ3) is 4.24. The van der Waals surface area contributed by atoms with Gasteiger partial charge in [-0.15, -0.1) is 0 Å². The van der Waals surface area contributed by atoms with Crippen molar-refractivity contribution in [2.24, 2.45) is 0 Å². The van der Waals surface area contributed by atoms with E-state index in [9.17, 15) is 13.2 Å². The molecule has 1 aromatic rings. The molecule has 6 heteroatoms. The molecule has 0 bridgehead atoms. The fraction of sp³-hybridized carbons (Fsp3) is 0.429. The van der Waals surface area contributed by atoms with Gasteiger partial charge in [0.2, 0.25) is 0 Å². The molecule has 0 saturated carbocycles. The van der Waals surface area contributed by atoms with Crippen LogP contribution in [-0.2, 0) is 6.18 Å². The zero-order valence-corrected chi connectivity index (χ0v) is 12.4. The van der Waals surface area contributed by atoms with Gasteiger partial charge in [-0.1, -0.05) is 27.6 Å². The highest BCUT2D eigenvalue weighted by Crippen LogP contribution is 2.36. The molecule has 2 N–H and O–H groups in total. The van der Waals surface area contributed by atoms with Crippen LogP contribution in [0.25, 0.3) is 0 Å². The molecule has 2 rings (SSSR count). The lowest BCUT2D eigenvalue weighted by Crippen LogP contribution is -2.21. The number of rotatable bonds is 4. The van der Waals surface area contributed by atoms with E-state index in [2.05, 4.69) is 32.6 Å². The summed E-state index contributed by atoms with van der Waals surface area (Å²) in [6, 6.07) is 4.18. The van der Waals surface area contributed by atoms with Crippen LogP contribution in [0.15, 0.2) is 34.3 Å². The molecule has 0 radical (unpaired) electrons. The van der Waals surface area contributed by atoms with Crippen LogP contribution in [0, 0.1) is 0 Å². The van der Waals surface area contributed by atoms with Crippen molar-refractivity contribution in [3.8, 4) is 0 Å². The average Bonchev–Trinajstić information content (AvgIpc) is 2.40. The summed E-state index contributed by atoms with van der Waals surface area (Å²) in [4.78, 5) is 0. The fourth-order valence-electron chi connectivity index (χ4n) is 2.16. The zero-order valence-electron chi connectivity index (χ0n) is 10.9. The van der Waals surface area contributed by atoms with Crippen LogP contribution in [0.2, 0.25) is 0 Å². The normalized spacial score (nSPS) is 15.9. The van der Waals surface area contributed by atoms with Crippen LogP contribution in [0.3, 0.4) is 0 Å². The van der Waals surface area contributed by atoms with Gasteiger partial charge in [0.25, 0.3) is 0 Å². The summed E-state index contributed by atoms with van der Waals surface area (Å²) in [6.07, 6.45) is -0.499. The molecule has 20 heavy (non-hydrogen) atoms. The van der Waals surface area contributed by atoms with Crippen molar-refractivity contribution in [1.29, 1.82) is 0 Å². The smallest absolute Gasteiger partial charge is 0.384 e. The maximum atomic E-state index is 12.9. The van der Waals surface area contributed by atoms with Gasteiger partial charge < -0.3 is 10.6 Å². The summed E-state index contributed by atoms with van der Waals surface area (Å²) in [6.45, 7) is 2.30. The molecular weight excluding hydrogens is 333 g/mol. The molecule has 1 aliphatic heterocycles. The molecule has 0 aromatic heterocycles. The predicted octanol–water partition coefficient (Wildman–Crippen LogP) is 4.19. The SMILES string of the molecule is FC(F)(F)c1cc(Br)ccc1NCCC1=CCNCC1. The van der Waals surface area contributed by atoms with Crippen LogP contribution < -0.4 is 10.6 Å². The van der Waals surface area contributed by atoms with E-state index in [1.54, 1.807) is 6.07 Å². The van der Waals surface area contributed by atoms with Crippen LogP contribution in [0.5, 0.6) is 0 Å². The van der Waals surface area contributed by atoms with Gasteiger partial charge in [0, 0.05) is 23.2 Å². The van der Waals surface area contributed by atoms with E-state index in [4.69, 9.17) is 0 Å². The number of anilines is 1. The first kappa shape index (κ1) is 15.4. The van der Waals surface area contributed by atoms with Crippen molar-refractivity contribution in [2.75, 3.05) is 25.0 Å². The molecule has 1 aliphatic rings. The van der Waals surface area contributed by atoms with Gasteiger partial charge >= 0.3 is 6.18 Å². The van der Waals surface area contributed by atoms with Crippen molar-refractivity contribution in [3.05, 3.63) is 39.9 Å². The van der Waals surface area contributed by atoms with Gasteiger partial charge in [0.05, 0.1) is 5.56 Å². The van der Waals surface area contributed by atoms with Gasteiger partial charge in [-0.05, 0) is 37.6 Å². The standard InChI is InChI=1S/C14H16BrF3N2/c15-11-1-2-13(12(9-11)14(16,17)18)20-8-5-10-3-6-19-7-4-10/h1-3,9,19-20H,4-8H2. The van der Waals surface area contributed by atoms with Gasteiger partial charge in [-0.25, -0.2) is 0 Å². The van der Waals surface area contributed by atoms with Crippen LogP contribution in [-0.4, -0.2) is 19.6 Å². The van der Waals surface area contributed by atoms with Crippen molar-refractivity contribution in [3.63, 3.8) is 0 Å². The highest BCUT2D eigenvalue weighted by Gasteiger charge is 2.33. The lowest BCUT2D eigenvalue weighted by atomic mass is 10.1. The Morgan fingerprint density at radius 1 is 1.30 bits per heavy atom. The lowest BCUT2D eigenvalue weighted by Gasteiger charge is -2.17. The van der Waals surface area contributed by atoms with Crippen LogP contribution in [0.4, 0.5) is 18.9 Å². The Morgan fingerprint density at radius 3 is 2.75 bits per heavy atom. The zero-order chi connectivity index (χ0) is 14.6. The van der Waals surface area contributed by atoms with Gasteiger partial charge in [0.1, 0.15) is 0 Å². The van der Waals surface area contributed by atoms with Crippen molar-refractivity contribution < 1.29 is 13.2 Å². The number of benzene rings is 1. The molecular formula is C14H16BrF3N2. The first-order valence-corrected chi connectivity index (χ1v) is 7.25. The molecule has 1 heterocycles. The van der Waals surface area contributed by atoms with Gasteiger partial charge in [-0.2, -0.15) is 13.2 Å². The van der Waals surface area contributed by atoms with E-state index in [-0.39, 0.29) is 5.69 Å². The van der Waals surface area contributed by atoms with E-state index in [1.165, 1.54) is 11.6 Å². The van der Waals surface area contributed by atoms with Gasteiger partial charge in [0.15, 0.2) is 0 Å². The van der Waals surface area contributed by atoms with E-state index in [1.807, 2.05) is 0 Å². The lowest BCUT2D eigenvalue weighted by molar-refractivity contribution is -0.137. The second-order valence-electron chi connectivity index (χ2n) is 4.68. The Hall–Kier alpha value is -1.01. The summed E-state index contributed by atoms with van der Waals surface area (Å²) >= 11 is 3.08. The first-order valence-electron chi connectivity index (χ1n) is 6.46. The molecule has 0 fully saturated rings. The van der Waals surface area contributed by atoms with E-state index in [0.29, 0.717) is 11.0 Å². The number of nitrogens with one attached hydrogen (secondary N) is 2.